The molecule has 27 heavy (non-hydrogen) atoms. The zero-order valence-electron chi connectivity index (χ0n) is 16.1. The lowest BCUT2D eigenvalue weighted by molar-refractivity contribution is 0.00578. The van der Waals surface area contributed by atoms with Crippen molar-refractivity contribution in [3.63, 3.8) is 0 Å². The van der Waals surface area contributed by atoms with Crippen molar-refractivity contribution >= 4 is 13.2 Å². The highest BCUT2D eigenvalue weighted by Crippen LogP contribution is 2.39. The first kappa shape index (κ1) is 18.3. The minimum absolute atomic E-state index is 0.462. The van der Waals surface area contributed by atoms with Gasteiger partial charge in [0.2, 0.25) is 0 Å². The molecule has 0 N–H and O–H groups in total. The van der Waals surface area contributed by atoms with Gasteiger partial charge in [-0.05, 0) is 58.6 Å². The van der Waals surface area contributed by atoms with Gasteiger partial charge in [-0.15, -0.1) is 0 Å². The monoisotopic (exact) mass is 370 g/mol. The Balaban J connectivity index is 1.64. The molecule has 1 saturated carbocycles. The molecule has 142 valence electrons. The van der Waals surface area contributed by atoms with Gasteiger partial charge in [0, 0.05) is 18.9 Å². The van der Waals surface area contributed by atoms with Crippen molar-refractivity contribution in [2.24, 2.45) is 5.92 Å². The van der Waals surface area contributed by atoms with E-state index < -0.39 is 24.0 Å². The maximum absolute atomic E-state index is 15.0. The third-order valence-corrected chi connectivity index (χ3v) is 5.53. The van der Waals surface area contributed by atoms with Crippen LogP contribution in [0, 0.1) is 5.92 Å². The van der Waals surface area contributed by atoms with Gasteiger partial charge in [-0.1, -0.05) is 0 Å². The van der Waals surface area contributed by atoms with E-state index in [9.17, 15) is 4.39 Å². The Kier molecular flexibility index (Phi) is 4.43. The summed E-state index contributed by atoms with van der Waals surface area (Å²) in [6, 6.07) is 1.83. The Morgan fingerprint density at radius 2 is 1.93 bits per heavy atom. The molecule has 0 amide bonds. The van der Waals surface area contributed by atoms with Crippen LogP contribution in [0.1, 0.15) is 46.2 Å². The maximum Gasteiger partial charge on any atom is 0.525 e. The highest BCUT2D eigenvalue weighted by atomic mass is 19.1. The lowest BCUT2D eigenvalue weighted by Gasteiger charge is -2.32. The third-order valence-electron chi connectivity index (χ3n) is 5.53. The van der Waals surface area contributed by atoms with E-state index in [-0.39, 0.29) is 0 Å². The first-order valence-electron chi connectivity index (χ1n) is 9.32. The second-order valence-corrected chi connectivity index (χ2v) is 8.29. The first-order chi connectivity index (χ1) is 12.7. The molecule has 1 aliphatic heterocycles. The number of hydrogen-bond acceptors (Lipinski definition) is 5. The number of rotatable bonds is 5. The van der Waals surface area contributed by atoms with Gasteiger partial charge in [-0.25, -0.2) is 4.39 Å². The summed E-state index contributed by atoms with van der Waals surface area (Å²) in [7, 11) is -1.01. The average molecular weight is 370 g/mol. The molecule has 8 heteroatoms. The van der Waals surface area contributed by atoms with Crippen molar-refractivity contribution in [1.29, 1.82) is 0 Å². The van der Waals surface area contributed by atoms with Gasteiger partial charge in [0.25, 0.3) is 0 Å². The molecule has 0 spiro atoms. The average Bonchev–Trinajstić information content (AvgIpc) is 3.29. The molecule has 1 saturated heterocycles. The number of aromatic nitrogens is 4. The molecule has 0 radical (unpaired) electrons. The highest BCUT2D eigenvalue weighted by molar-refractivity contribution is 6.54. The van der Waals surface area contributed by atoms with E-state index in [1.165, 1.54) is 18.9 Å². The Labute approximate surface area is 158 Å². The Morgan fingerprint density at radius 3 is 2.52 bits per heavy atom. The van der Waals surface area contributed by atoms with Crippen molar-refractivity contribution < 1.29 is 13.7 Å². The predicted octanol–water partition coefficient (Wildman–Crippen LogP) is 3.69. The summed E-state index contributed by atoms with van der Waals surface area (Å²) in [6.45, 7) is 8.39. The zero-order valence-corrected chi connectivity index (χ0v) is 16.1. The van der Waals surface area contributed by atoms with Gasteiger partial charge in [-0.3, -0.25) is 14.6 Å². The highest BCUT2D eigenvalue weighted by Gasteiger charge is 2.53. The molecule has 1 aliphatic carbocycles. The van der Waals surface area contributed by atoms with Crippen LogP contribution < -0.4 is 0 Å². The van der Waals surface area contributed by atoms with Gasteiger partial charge in [-0.2, -0.15) is 5.10 Å². The fourth-order valence-electron chi connectivity index (χ4n) is 2.96. The molecule has 0 aromatic carbocycles. The smallest absolute Gasteiger partial charge is 0.398 e. The lowest BCUT2D eigenvalue weighted by Crippen LogP contribution is -2.41. The van der Waals surface area contributed by atoms with Crippen LogP contribution in [0.25, 0.3) is 17.5 Å². The van der Waals surface area contributed by atoms with E-state index in [0.717, 1.165) is 6.54 Å². The zero-order chi connectivity index (χ0) is 19.2. The summed E-state index contributed by atoms with van der Waals surface area (Å²) in [5.74, 6) is 0.603. The molecule has 2 fully saturated rings. The van der Waals surface area contributed by atoms with Crippen LogP contribution >= 0.6 is 0 Å². The van der Waals surface area contributed by atoms with Gasteiger partial charge in [0.1, 0.15) is 17.1 Å². The van der Waals surface area contributed by atoms with Crippen molar-refractivity contribution in [2.45, 2.75) is 58.3 Å². The van der Waals surface area contributed by atoms with Crippen molar-refractivity contribution in [1.82, 2.24) is 19.7 Å². The number of hydrogen-bond donors (Lipinski definition) is 0. The van der Waals surface area contributed by atoms with Crippen LogP contribution in [0.15, 0.2) is 30.4 Å². The molecular formula is C19H24BFN4O2. The molecule has 0 atom stereocenters. The van der Waals surface area contributed by atoms with E-state index in [1.54, 1.807) is 18.6 Å². The van der Waals surface area contributed by atoms with Crippen LogP contribution in [0.5, 0.6) is 0 Å². The largest absolute Gasteiger partial charge is 0.525 e. The summed E-state index contributed by atoms with van der Waals surface area (Å²) in [4.78, 5) is 8.38. The molecule has 0 bridgehead atoms. The predicted molar refractivity (Wildman–Crippen MR) is 101 cm³/mol. The van der Waals surface area contributed by atoms with Crippen molar-refractivity contribution in [2.75, 3.05) is 0 Å². The Hall–Kier alpha value is -2.06. The molecule has 3 heterocycles. The molecule has 2 aromatic rings. The summed E-state index contributed by atoms with van der Waals surface area (Å²) >= 11 is 0. The van der Waals surface area contributed by atoms with Crippen LogP contribution in [-0.2, 0) is 15.9 Å². The van der Waals surface area contributed by atoms with Crippen LogP contribution in [0.2, 0.25) is 0 Å². The summed E-state index contributed by atoms with van der Waals surface area (Å²) in [6.07, 6.45) is 8.71. The second-order valence-electron chi connectivity index (χ2n) is 8.29. The van der Waals surface area contributed by atoms with E-state index >= 15 is 0 Å². The third kappa shape index (κ3) is 3.68. The van der Waals surface area contributed by atoms with Crippen LogP contribution in [0.4, 0.5) is 4.39 Å². The Morgan fingerprint density at radius 1 is 1.22 bits per heavy atom. The van der Waals surface area contributed by atoms with Gasteiger partial charge in [0.15, 0.2) is 0 Å². The maximum atomic E-state index is 15.0. The molecule has 4 rings (SSSR count). The first-order valence-corrected chi connectivity index (χ1v) is 9.32. The normalized spacial score (nSPS) is 21.7. The minimum atomic E-state index is -1.01. The standard InChI is InChI=1S/C19H24BFN4O2/c1-18(2)19(3,4)27-20(26-18)17(21)10-14-9-15(16-11-22-7-8-23-16)24-25(14)12-13-5-6-13/h7-11,13H,5-6,12H2,1-4H3. The van der Waals surface area contributed by atoms with Gasteiger partial charge >= 0.3 is 7.12 Å². The lowest BCUT2D eigenvalue weighted by atomic mass is 9.87. The second kappa shape index (κ2) is 6.53. The fourth-order valence-corrected chi connectivity index (χ4v) is 2.96. The van der Waals surface area contributed by atoms with Gasteiger partial charge in [0.05, 0.1) is 23.1 Å². The number of halogens is 1. The topological polar surface area (TPSA) is 62.1 Å². The summed E-state index contributed by atoms with van der Waals surface area (Å²) < 4.78 is 28.4. The number of nitrogens with zero attached hydrogens (tertiary/aromatic N) is 4. The quantitative estimate of drug-likeness (QED) is 0.752. The fraction of sp³-hybridized carbons (Fsp3) is 0.526. The minimum Gasteiger partial charge on any atom is -0.398 e. The molecule has 2 aromatic heterocycles. The molecule has 6 nitrogen and oxygen atoms in total. The van der Waals surface area contributed by atoms with Gasteiger partial charge < -0.3 is 9.31 Å². The SMILES string of the molecule is CC1(C)OB(C(F)=Cc2cc(-c3cnccn3)nn2CC2CC2)OC1(C)C. The summed E-state index contributed by atoms with van der Waals surface area (Å²) in [5, 5.41) is 4.62. The van der Waals surface area contributed by atoms with E-state index in [0.29, 0.717) is 23.0 Å². The van der Waals surface area contributed by atoms with E-state index in [4.69, 9.17) is 9.31 Å². The van der Waals surface area contributed by atoms with Crippen molar-refractivity contribution in [3.8, 4) is 11.4 Å². The van der Waals surface area contributed by atoms with E-state index in [2.05, 4.69) is 15.1 Å². The Bertz CT molecular complexity index is 846. The van der Waals surface area contributed by atoms with Crippen LogP contribution in [-0.4, -0.2) is 38.1 Å². The van der Waals surface area contributed by atoms with Crippen molar-refractivity contribution in [3.05, 3.63) is 36.1 Å². The summed E-state index contributed by atoms with van der Waals surface area (Å²) in [5.41, 5.74) is 0.393. The molecule has 0 unspecified atom stereocenters. The molecular weight excluding hydrogens is 346 g/mol. The van der Waals surface area contributed by atoms with Crippen LogP contribution in [0.3, 0.4) is 0 Å². The molecule has 2 aliphatic rings. The van der Waals surface area contributed by atoms with E-state index in [1.807, 2.05) is 38.4 Å².